The van der Waals surface area contributed by atoms with E-state index in [1.54, 1.807) is 6.92 Å². The van der Waals surface area contributed by atoms with E-state index in [0.29, 0.717) is 11.8 Å². The molecule has 0 N–H and O–H groups in total. The number of carbonyl (C=O) groups is 1. The Hall–Kier alpha value is -0.356. The summed E-state index contributed by atoms with van der Waals surface area (Å²) in [6.07, 6.45) is 0.628. The molecule has 0 bridgehead atoms. The van der Waals surface area contributed by atoms with Gasteiger partial charge >= 0.3 is 5.97 Å². The predicted molar refractivity (Wildman–Crippen MR) is 71.4 cm³/mol. The van der Waals surface area contributed by atoms with Crippen molar-refractivity contribution in [3.05, 3.63) is 12.2 Å². The molecule has 0 spiro atoms. The minimum atomic E-state index is -1.37. The largest absolute Gasteiger partial charge is 0.466 e. The van der Waals surface area contributed by atoms with Crippen LogP contribution in [-0.2, 0) is 9.53 Å². The van der Waals surface area contributed by atoms with Crippen LogP contribution >= 0.6 is 0 Å². The number of rotatable bonds is 5. The van der Waals surface area contributed by atoms with Crippen LogP contribution in [0.5, 0.6) is 0 Å². The highest BCUT2D eigenvalue weighted by molar-refractivity contribution is 6.94. The van der Waals surface area contributed by atoms with Crippen molar-refractivity contribution in [3.8, 4) is 0 Å². The van der Waals surface area contributed by atoms with Crippen molar-refractivity contribution in [2.75, 3.05) is 6.23 Å². The molecule has 88 valence electrons. The number of carbonyl (C=O) groups excluding carboxylic acids is 1. The van der Waals surface area contributed by atoms with Gasteiger partial charge < -0.3 is 4.74 Å². The molecular formula is C11H24O2Si2. The molecule has 4 heteroatoms. The van der Waals surface area contributed by atoms with Crippen molar-refractivity contribution in [2.45, 2.75) is 45.3 Å². The Balaban J connectivity index is 4.16. The van der Waals surface area contributed by atoms with Gasteiger partial charge in [0.15, 0.2) is 0 Å². The monoisotopic (exact) mass is 244 g/mol. The second-order valence-corrected chi connectivity index (χ2v) is 17.4. The standard InChI is InChI=1S/C11H24O2Si2/c1-10(2)11(12)13-8-15(6,7)9-14(3,4)5/h1,8-9H2,2-7H3. The molecule has 0 aliphatic rings. The van der Waals surface area contributed by atoms with Crippen molar-refractivity contribution in [1.29, 1.82) is 0 Å². The summed E-state index contributed by atoms with van der Waals surface area (Å²) < 4.78 is 5.26. The molecular weight excluding hydrogens is 220 g/mol. The second-order valence-electron chi connectivity index (χ2n) is 6.26. The van der Waals surface area contributed by atoms with E-state index in [4.69, 9.17) is 4.74 Å². The highest BCUT2D eigenvalue weighted by atomic mass is 28.4. The first-order valence-electron chi connectivity index (χ1n) is 5.36. The van der Waals surface area contributed by atoms with Crippen molar-refractivity contribution in [3.63, 3.8) is 0 Å². The number of esters is 1. The summed E-state index contributed by atoms with van der Waals surface area (Å²) in [4.78, 5) is 11.3. The van der Waals surface area contributed by atoms with Gasteiger partial charge in [0.25, 0.3) is 0 Å². The molecule has 0 aromatic heterocycles. The zero-order valence-electron chi connectivity index (χ0n) is 10.9. The maximum Gasteiger partial charge on any atom is 0.332 e. The van der Waals surface area contributed by atoms with Gasteiger partial charge in [0.2, 0.25) is 0 Å². The van der Waals surface area contributed by atoms with E-state index in [1.807, 2.05) is 0 Å². The van der Waals surface area contributed by atoms with E-state index in [-0.39, 0.29) is 5.97 Å². The summed E-state index contributed by atoms with van der Waals surface area (Å²) in [5, 5.41) is 0. The van der Waals surface area contributed by atoms with Gasteiger partial charge in [-0.1, -0.05) is 45.0 Å². The average Bonchev–Trinajstić information content (AvgIpc) is 1.95. The van der Waals surface area contributed by atoms with Gasteiger partial charge in [-0.3, -0.25) is 0 Å². The van der Waals surface area contributed by atoms with Crippen LogP contribution in [0.4, 0.5) is 0 Å². The third kappa shape index (κ3) is 7.56. The minimum Gasteiger partial charge on any atom is -0.466 e. The van der Waals surface area contributed by atoms with Gasteiger partial charge in [0.1, 0.15) is 0 Å². The SMILES string of the molecule is C=C(C)C(=O)OC[Si](C)(C)C[Si](C)(C)C. The summed E-state index contributed by atoms with van der Waals surface area (Å²) >= 11 is 0. The number of ether oxygens (including phenoxy) is 1. The Morgan fingerprint density at radius 3 is 2.00 bits per heavy atom. The zero-order chi connectivity index (χ0) is 12.3. The topological polar surface area (TPSA) is 26.3 Å². The van der Waals surface area contributed by atoms with Crippen molar-refractivity contribution in [1.82, 2.24) is 0 Å². The molecule has 0 aliphatic heterocycles. The molecule has 15 heavy (non-hydrogen) atoms. The normalized spacial score (nSPS) is 12.4. The second kappa shape index (κ2) is 5.12. The molecule has 0 atom stereocenters. The Kier molecular flexibility index (Phi) is 5.00. The third-order valence-electron chi connectivity index (χ3n) is 1.95. The number of hydrogen-bond acceptors (Lipinski definition) is 2. The molecule has 0 unspecified atom stereocenters. The van der Waals surface area contributed by atoms with Crippen molar-refractivity contribution < 1.29 is 9.53 Å². The molecule has 0 rings (SSSR count). The third-order valence-corrected chi connectivity index (χ3v) is 10.9. The van der Waals surface area contributed by atoms with Crippen LogP contribution in [0.15, 0.2) is 12.2 Å². The van der Waals surface area contributed by atoms with Gasteiger partial charge in [-0.15, -0.1) is 0 Å². The first-order chi connectivity index (χ1) is 6.53. The van der Waals surface area contributed by atoms with Crippen LogP contribution < -0.4 is 0 Å². The van der Waals surface area contributed by atoms with E-state index in [2.05, 4.69) is 39.3 Å². The molecule has 2 nitrogen and oxygen atoms in total. The fourth-order valence-electron chi connectivity index (χ4n) is 1.87. The lowest BCUT2D eigenvalue weighted by molar-refractivity contribution is -0.137. The molecule has 0 aromatic rings. The van der Waals surface area contributed by atoms with Crippen LogP contribution in [0.25, 0.3) is 0 Å². The predicted octanol–water partition coefficient (Wildman–Crippen LogP) is 3.23. The Morgan fingerprint density at radius 2 is 1.67 bits per heavy atom. The summed E-state index contributed by atoms with van der Waals surface area (Å²) in [5.41, 5.74) is 1.79. The lowest BCUT2D eigenvalue weighted by Crippen LogP contribution is -2.42. The van der Waals surface area contributed by atoms with Crippen LogP contribution in [0.3, 0.4) is 0 Å². The minimum absolute atomic E-state index is 0.244. The van der Waals surface area contributed by atoms with Crippen LogP contribution in [0, 0.1) is 0 Å². The molecule has 0 aliphatic carbocycles. The number of hydrogen-bond donors (Lipinski definition) is 0. The van der Waals surface area contributed by atoms with Crippen molar-refractivity contribution in [2.24, 2.45) is 0 Å². The summed E-state index contributed by atoms with van der Waals surface area (Å²) in [6, 6.07) is 0. The van der Waals surface area contributed by atoms with Gasteiger partial charge in [-0.2, -0.15) is 0 Å². The van der Waals surface area contributed by atoms with Crippen LogP contribution in [0.2, 0.25) is 38.4 Å². The molecule has 0 saturated heterocycles. The maximum absolute atomic E-state index is 11.3. The van der Waals surface area contributed by atoms with E-state index in [0.717, 1.165) is 0 Å². The zero-order valence-corrected chi connectivity index (χ0v) is 12.9. The lowest BCUT2D eigenvalue weighted by atomic mass is 10.4. The van der Waals surface area contributed by atoms with E-state index in [1.165, 1.54) is 5.67 Å². The fourth-order valence-corrected chi connectivity index (χ4v) is 14.3. The first kappa shape index (κ1) is 14.6. The molecule has 0 aromatic carbocycles. The van der Waals surface area contributed by atoms with E-state index < -0.39 is 16.1 Å². The van der Waals surface area contributed by atoms with Gasteiger partial charge in [-0.05, 0) is 6.92 Å². The summed E-state index contributed by atoms with van der Waals surface area (Å²) in [6.45, 7) is 16.9. The van der Waals surface area contributed by atoms with Crippen molar-refractivity contribution >= 4 is 22.1 Å². The molecule has 0 heterocycles. The molecule has 0 saturated carbocycles. The average molecular weight is 244 g/mol. The lowest BCUT2D eigenvalue weighted by Gasteiger charge is -2.28. The van der Waals surface area contributed by atoms with Crippen LogP contribution in [-0.4, -0.2) is 28.3 Å². The van der Waals surface area contributed by atoms with Gasteiger partial charge in [0.05, 0.1) is 14.3 Å². The van der Waals surface area contributed by atoms with E-state index in [9.17, 15) is 4.79 Å². The Bertz CT molecular complexity index is 252. The quantitative estimate of drug-likeness (QED) is 0.422. The maximum atomic E-state index is 11.3. The molecule has 0 fully saturated rings. The first-order valence-corrected chi connectivity index (χ1v) is 12.5. The van der Waals surface area contributed by atoms with Crippen LogP contribution in [0.1, 0.15) is 6.92 Å². The summed E-state index contributed by atoms with van der Waals surface area (Å²) in [5.74, 6) is -0.244. The Morgan fingerprint density at radius 1 is 1.20 bits per heavy atom. The highest BCUT2D eigenvalue weighted by Gasteiger charge is 2.30. The summed E-state index contributed by atoms with van der Waals surface area (Å²) in [7, 11) is -2.41. The van der Waals surface area contributed by atoms with Gasteiger partial charge in [0, 0.05) is 13.6 Å². The van der Waals surface area contributed by atoms with E-state index >= 15 is 0 Å². The fraction of sp³-hybridized carbons (Fsp3) is 0.727. The highest BCUT2D eigenvalue weighted by Crippen LogP contribution is 2.19. The Labute approximate surface area is 95.7 Å². The smallest absolute Gasteiger partial charge is 0.332 e. The molecule has 0 amide bonds. The van der Waals surface area contributed by atoms with Gasteiger partial charge in [-0.25, -0.2) is 4.79 Å². The molecule has 0 radical (unpaired) electrons.